The molecule has 1 amide bonds. The summed E-state index contributed by atoms with van der Waals surface area (Å²) in [5, 5.41) is 3.37. The number of nitrogens with one attached hydrogen (secondary N) is 1. The van der Waals surface area contributed by atoms with Gasteiger partial charge >= 0.3 is 5.97 Å². The number of hydrogen-bond donors (Lipinski definition) is 1. The van der Waals surface area contributed by atoms with E-state index in [9.17, 15) is 9.59 Å². The third-order valence-corrected chi connectivity index (χ3v) is 2.86. The summed E-state index contributed by atoms with van der Waals surface area (Å²) in [6, 6.07) is -0.539. The normalized spacial score (nSPS) is 24.9. The molecule has 17 heavy (non-hydrogen) atoms. The molecule has 0 unspecified atom stereocenters. The van der Waals surface area contributed by atoms with Crippen LogP contribution in [0.2, 0.25) is 0 Å². The Labute approximate surface area is 102 Å². The molecular weight excluding hydrogens is 220 g/mol. The lowest BCUT2D eigenvalue weighted by Gasteiger charge is -2.30. The number of methoxy groups -OCH3 is 1. The maximum absolute atomic E-state index is 11.8. The fourth-order valence-corrected chi connectivity index (χ4v) is 2.27. The SMILES string of the molecule is COC(=O)[C@@H]1[C@@H](NC(C)(C)C)CCN1C(C)=O. The van der Waals surface area contributed by atoms with Crippen LogP contribution in [0, 0.1) is 0 Å². The van der Waals surface area contributed by atoms with E-state index in [0.717, 1.165) is 6.42 Å². The van der Waals surface area contributed by atoms with Gasteiger partial charge in [-0.3, -0.25) is 4.79 Å². The van der Waals surface area contributed by atoms with Gasteiger partial charge in [-0.25, -0.2) is 4.79 Å². The molecule has 98 valence electrons. The summed E-state index contributed by atoms with van der Waals surface area (Å²) < 4.78 is 4.79. The number of esters is 1. The van der Waals surface area contributed by atoms with Crippen molar-refractivity contribution < 1.29 is 14.3 Å². The van der Waals surface area contributed by atoms with Crippen molar-refractivity contribution in [2.75, 3.05) is 13.7 Å². The summed E-state index contributed by atoms with van der Waals surface area (Å²) in [6.45, 7) is 8.20. The standard InChI is InChI=1S/C12H22N2O3/c1-8(15)14-7-6-9(13-12(2,3)4)10(14)11(16)17-5/h9-10,13H,6-7H2,1-5H3/t9-,10-/m0/s1. The van der Waals surface area contributed by atoms with Gasteiger partial charge in [0, 0.05) is 25.0 Å². The lowest BCUT2D eigenvalue weighted by molar-refractivity contribution is -0.151. The van der Waals surface area contributed by atoms with Crippen LogP contribution in [-0.2, 0) is 14.3 Å². The number of likely N-dealkylation sites (tertiary alicyclic amines) is 1. The molecule has 1 N–H and O–H groups in total. The van der Waals surface area contributed by atoms with Crippen molar-refractivity contribution in [2.45, 2.75) is 51.7 Å². The molecule has 0 aromatic carbocycles. The molecule has 0 bridgehead atoms. The predicted molar refractivity (Wildman–Crippen MR) is 64.5 cm³/mol. The average Bonchev–Trinajstić information content (AvgIpc) is 2.57. The number of carbonyl (C=O) groups is 2. The van der Waals surface area contributed by atoms with Crippen LogP contribution < -0.4 is 5.32 Å². The first-order valence-corrected chi connectivity index (χ1v) is 5.89. The van der Waals surface area contributed by atoms with Crippen molar-refractivity contribution >= 4 is 11.9 Å². The van der Waals surface area contributed by atoms with Gasteiger partial charge in [0.2, 0.25) is 5.91 Å². The van der Waals surface area contributed by atoms with E-state index in [1.807, 2.05) is 20.8 Å². The minimum Gasteiger partial charge on any atom is -0.467 e. The molecule has 5 heteroatoms. The molecule has 1 saturated heterocycles. The number of nitrogens with zero attached hydrogens (tertiary/aromatic N) is 1. The van der Waals surface area contributed by atoms with Crippen LogP contribution in [0.3, 0.4) is 0 Å². The second-order valence-corrected chi connectivity index (χ2v) is 5.47. The topological polar surface area (TPSA) is 58.6 Å². The highest BCUT2D eigenvalue weighted by Crippen LogP contribution is 2.21. The monoisotopic (exact) mass is 242 g/mol. The molecule has 1 fully saturated rings. The van der Waals surface area contributed by atoms with Crippen molar-refractivity contribution in [1.29, 1.82) is 0 Å². The summed E-state index contributed by atoms with van der Waals surface area (Å²) in [5.41, 5.74) is -0.0935. The molecule has 1 aliphatic heterocycles. The molecule has 0 radical (unpaired) electrons. The molecule has 0 aromatic heterocycles. The lowest BCUT2D eigenvalue weighted by Crippen LogP contribution is -2.54. The summed E-state index contributed by atoms with van der Waals surface area (Å²) in [5.74, 6) is -0.432. The minimum absolute atomic E-state index is 0.0358. The number of rotatable bonds is 2. The molecule has 0 spiro atoms. The number of amides is 1. The minimum atomic E-state index is -0.503. The van der Waals surface area contributed by atoms with E-state index in [-0.39, 0.29) is 23.5 Å². The fourth-order valence-electron chi connectivity index (χ4n) is 2.27. The van der Waals surface area contributed by atoms with Crippen LogP contribution >= 0.6 is 0 Å². The van der Waals surface area contributed by atoms with Gasteiger partial charge in [0.05, 0.1) is 7.11 Å². The number of carbonyl (C=O) groups excluding carboxylic acids is 2. The van der Waals surface area contributed by atoms with Crippen molar-refractivity contribution in [3.63, 3.8) is 0 Å². The number of ether oxygens (including phenoxy) is 1. The van der Waals surface area contributed by atoms with E-state index < -0.39 is 6.04 Å². The van der Waals surface area contributed by atoms with Gasteiger partial charge in [-0.05, 0) is 27.2 Å². The Morgan fingerprint density at radius 2 is 1.94 bits per heavy atom. The lowest BCUT2D eigenvalue weighted by atomic mass is 10.0. The van der Waals surface area contributed by atoms with Crippen LogP contribution in [0.25, 0.3) is 0 Å². The second-order valence-electron chi connectivity index (χ2n) is 5.47. The van der Waals surface area contributed by atoms with E-state index in [2.05, 4.69) is 5.32 Å². The van der Waals surface area contributed by atoms with E-state index >= 15 is 0 Å². The van der Waals surface area contributed by atoms with Crippen LogP contribution in [-0.4, -0.2) is 48.1 Å². The van der Waals surface area contributed by atoms with Crippen molar-refractivity contribution in [3.05, 3.63) is 0 Å². The van der Waals surface area contributed by atoms with Crippen molar-refractivity contribution in [2.24, 2.45) is 0 Å². The summed E-state index contributed by atoms with van der Waals surface area (Å²) >= 11 is 0. The first-order chi connectivity index (χ1) is 7.76. The van der Waals surface area contributed by atoms with E-state index in [4.69, 9.17) is 4.74 Å². The smallest absolute Gasteiger partial charge is 0.330 e. The maximum Gasteiger partial charge on any atom is 0.330 e. The van der Waals surface area contributed by atoms with Gasteiger partial charge in [0.15, 0.2) is 0 Å². The van der Waals surface area contributed by atoms with Gasteiger partial charge in [0.1, 0.15) is 6.04 Å². The first-order valence-electron chi connectivity index (χ1n) is 5.89. The zero-order valence-corrected chi connectivity index (χ0v) is 11.2. The zero-order valence-electron chi connectivity index (χ0n) is 11.2. The Hall–Kier alpha value is -1.10. The molecular formula is C12H22N2O3. The van der Waals surface area contributed by atoms with E-state index in [0.29, 0.717) is 6.54 Å². The highest BCUT2D eigenvalue weighted by Gasteiger charge is 2.42. The second kappa shape index (κ2) is 5.04. The van der Waals surface area contributed by atoms with Crippen molar-refractivity contribution in [1.82, 2.24) is 10.2 Å². The number of hydrogen-bond acceptors (Lipinski definition) is 4. The molecule has 1 heterocycles. The molecule has 0 saturated carbocycles. The van der Waals surface area contributed by atoms with Crippen LogP contribution in [0.15, 0.2) is 0 Å². The molecule has 5 nitrogen and oxygen atoms in total. The molecule has 0 aromatic rings. The largest absolute Gasteiger partial charge is 0.467 e. The Balaban J connectivity index is 2.84. The van der Waals surface area contributed by atoms with Gasteiger partial charge in [0.25, 0.3) is 0 Å². The third kappa shape index (κ3) is 3.43. The Bertz CT molecular complexity index is 309. The van der Waals surface area contributed by atoms with Gasteiger partial charge in [-0.1, -0.05) is 0 Å². The van der Waals surface area contributed by atoms with Crippen LogP contribution in [0.1, 0.15) is 34.1 Å². The highest BCUT2D eigenvalue weighted by atomic mass is 16.5. The van der Waals surface area contributed by atoms with Gasteiger partial charge < -0.3 is 15.0 Å². The highest BCUT2D eigenvalue weighted by molar-refractivity contribution is 5.84. The van der Waals surface area contributed by atoms with E-state index in [1.165, 1.54) is 14.0 Å². The van der Waals surface area contributed by atoms with Crippen LogP contribution in [0.4, 0.5) is 0 Å². The fraction of sp³-hybridized carbons (Fsp3) is 0.833. The maximum atomic E-state index is 11.8. The first kappa shape index (κ1) is 14.0. The van der Waals surface area contributed by atoms with Gasteiger partial charge in [-0.15, -0.1) is 0 Å². The zero-order chi connectivity index (χ0) is 13.2. The summed E-state index contributed by atoms with van der Waals surface area (Å²) in [6.07, 6.45) is 0.774. The third-order valence-electron chi connectivity index (χ3n) is 2.86. The summed E-state index contributed by atoms with van der Waals surface area (Å²) in [4.78, 5) is 24.8. The molecule has 2 atom stereocenters. The van der Waals surface area contributed by atoms with E-state index in [1.54, 1.807) is 4.90 Å². The Morgan fingerprint density at radius 1 is 1.35 bits per heavy atom. The summed E-state index contributed by atoms with van der Waals surface area (Å²) in [7, 11) is 1.35. The predicted octanol–water partition coefficient (Wildman–Crippen LogP) is 0.537. The van der Waals surface area contributed by atoms with Gasteiger partial charge in [-0.2, -0.15) is 0 Å². The Morgan fingerprint density at radius 3 is 2.35 bits per heavy atom. The molecule has 1 rings (SSSR count). The van der Waals surface area contributed by atoms with Crippen molar-refractivity contribution in [3.8, 4) is 0 Å². The Kier molecular flexibility index (Phi) is 4.14. The quantitative estimate of drug-likeness (QED) is 0.718. The molecule has 0 aliphatic carbocycles. The molecule has 1 aliphatic rings. The average molecular weight is 242 g/mol. The van der Waals surface area contributed by atoms with Crippen LogP contribution in [0.5, 0.6) is 0 Å².